The molecule has 202 valence electrons. The quantitative estimate of drug-likeness (QED) is 0.317. The van der Waals surface area contributed by atoms with Crippen molar-refractivity contribution < 1.29 is 23.9 Å². The minimum absolute atomic E-state index is 0.00109. The number of nitrogens with two attached hydrogens (primary N) is 2. The SMILES string of the molecule is CCOc1ccc(N(C(=O)c2snc(C(N)=O)c2N)C(C(=O)NCCC(C)C)c2ccc(OC)cc2)cc1. The lowest BCUT2D eigenvalue weighted by Crippen LogP contribution is -2.44. The topological polar surface area (TPSA) is 150 Å². The van der Waals surface area contributed by atoms with Gasteiger partial charge in [-0.3, -0.25) is 19.3 Å². The average Bonchev–Trinajstić information content (AvgIpc) is 3.29. The van der Waals surface area contributed by atoms with Gasteiger partial charge in [-0.05, 0) is 72.8 Å². The van der Waals surface area contributed by atoms with Gasteiger partial charge in [0.15, 0.2) is 5.69 Å². The van der Waals surface area contributed by atoms with Crippen LogP contribution in [0.25, 0.3) is 0 Å². The summed E-state index contributed by atoms with van der Waals surface area (Å²) in [6, 6.07) is 12.6. The molecule has 2 aromatic carbocycles. The van der Waals surface area contributed by atoms with Gasteiger partial charge >= 0.3 is 0 Å². The van der Waals surface area contributed by atoms with E-state index in [1.54, 1.807) is 55.6 Å². The van der Waals surface area contributed by atoms with Crippen molar-refractivity contribution in [2.75, 3.05) is 30.9 Å². The van der Waals surface area contributed by atoms with Gasteiger partial charge in [-0.1, -0.05) is 26.0 Å². The van der Waals surface area contributed by atoms with Crippen molar-refractivity contribution in [3.8, 4) is 11.5 Å². The highest BCUT2D eigenvalue weighted by Gasteiger charge is 2.36. The summed E-state index contributed by atoms with van der Waals surface area (Å²) in [5.74, 6) is -0.233. The van der Waals surface area contributed by atoms with Gasteiger partial charge in [0.25, 0.3) is 11.8 Å². The van der Waals surface area contributed by atoms with Crippen LogP contribution in [-0.2, 0) is 4.79 Å². The number of anilines is 2. The Morgan fingerprint density at radius 2 is 1.68 bits per heavy atom. The number of benzene rings is 2. The van der Waals surface area contributed by atoms with Gasteiger partial charge in [-0.2, -0.15) is 4.37 Å². The first-order valence-corrected chi connectivity index (χ1v) is 13.0. The maximum Gasteiger partial charge on any atom is 0.273 e. The van der Waals surface area contributed by atoms with E-state index in [-0.39, 0.29) is 22.2 Å². The largest absolute Gasteiger partial charge is 0.497 e. The first-order chi connectivity index (χ1) is 18.2. The van der Waals surface area contributed by atoms with Crippen molar-refractivity contribution in [3.63, 3.8) is 0 Å². The fourth-order valence-corrected chi connectivity index (χ4v) is 4.52. The molecular weight excluding hydrogens is 506 g/mol. The summed E-state index contributed by atoms with van der Waals surface area (Å²) in [6.45, 7) is 6.90. The van der Waals surface area contributed by atoms with Gasteiger partial charge in [0.2, 0.25) is 5.91 Å². The molecule has 0 fully saturated rings. The smallest absolute Gasteiger partial charge is 0.273 e. The third-order valence-corrected chi connectivity index (χ3v) is 6.61. The number of rotatable bonds is 12. The summed E-state index contributed by atoms with van der Waals surface area (Å²) in [6.07, 6.45) is 0.766. The molecule has 3 aromatic rings. The van der Waals surface area contributed by atoms with E-state index < -0.39 is 17.9 Å². The van der Waals surface area contributed by atoms with Crippen LogP contribution >= 0.6 is 11.5 Å². The van der Waals surface area contributed by atoms with Crippen LogP contribution in [0.15, 0.2) is 48.5 Å². The van der Waals surface area contributed by atoms with E-state index in [9.17, 15) is 14.4 Å². The van der Waals surface area contributed by atoms with E-state index in [0.29, 0.717) is 41.8 Å². The number of primary amides is 1. The van der Waals surface area contributed by atoms with E-state index in [2.05, 4.69) is 23.5 Å². The van der Waals surface area contributed by atoms with Crippen molar-refractivity contribution in [3.05, 3.63) is 64.7 Å². The van der Waals surface area contributed by atoms with E-state index in [4.69, 9.17) is 20.9 Å². The van der Waals surface area contributed by atoms with Crippen molar-refractivity contribution in [2.45, 2.75) is 33.2 Å². The first kappa shape index (κ1) is 28.5. The zero-order valence-corrected chi connectivity index (χ0v) is 22.7. The van der Waals surface area contributed by atoms with Gasteiger partial charge in [0.1, 0.15) is 22.4 Å². The lowest BCUT2D eigenvalue weighted by molar-refractivity contribution is -0.122. The van der Waals surface area contributed by atoms with Crippen LogP contribution < -0.4 is 31.2 Å². The van der Waals surface area contributed by atoms with Gasteiger partial charge in [-0.15, -0.1) is 0 Å². The minimum atomic E-state index is -1.07. The summed E-state index contributed by atoms with van der Waals surface area (Å²) in [4.78, 5) is 40.9. The van der Waals surface area contributed by atoms with E-state index >= 15 is 0 Å². The molecule has 1 unspecified atom stereocenters. The second-order valence-electron chi connectivity index (χ2n) is 8.89. The number of hydrogen-bond acceptors (Lipinski definition) is 8. The molecule has 0 aliphatic heterocycles. The standard InChI is InChI=1S/C27H33N5O5S/c1-5-37-20-12-8-18(9-13-20)32(27(35)24-21(28)22(25(29)33)31-38-24)23(26(34)30-15-14-16(2)3)17-6-10-19(36-4)11-7-17/h6-13,16,23H,5,14-15,28H2,1-4H3,(H2,29,33)(H,30,34). The summed E-state index contributed by atoms with van der Waals surface area (Å²) in [7, 11) is 1.55. The van der Waals surface area contributed by atoms with Crippen LogP contribution in [0.1, 0.15) is 59.0 Å². The Balaban J connectivity index is 2.15. The molecule has 1 heterocycles. The lowest BCUT2D eigenvalue weighted by atomic mass is 10.0. The van der Waals surface area contributed by atoms with Crippen LogP contribution in [0, 0.1) is 5.92 Å². The average molecular weight is 540 g/mol. The van der Waals surface area contributed by atoms with E-state index in [0.717, 1.165) is 18.0 Å². The number of aromatic nitrogens is 1. The molecule has 10 nitrogen and oxygen atoms in total. The normalized spacial score (nSPS) is 11.6. The van der Waals surface area contributed by atoms with E-state index in [1.807, 2.05) is 6.92 Å². The molecule has 0 aliphatic rings. The fraction of sp³-hybridized carbons (Fsp3) is 0.333. The molecule has 0 aliphatic carbocycles. The summed E-state index contributed by atoms with van der Waals surface area (Å²) in [5, 5.41) is 2.96. The lowest BCUT2D eigenvalue weighted by Gasteiger charge is -2.31. The molecule has 0 spiro atoms. The maximum atomic E-state index is 14.1. The molecule has 1 aromatic heterocycles. The Labute approximate surface area is 226 Å². The molecule has 38 heavy (non-hydrogen) atoms. The number of methoxy groups -OCH3 is 1. The number of carbonyl (C=O) groups excluding carboxylic acids is 3. The second kappa shape index (κ2) is 12.9. The highest BCUT2D eigenvalue weighted by Crippen LogP contribution is 2.34. The molecule has 0 radical (unpaired) electrons. The molecule has 0 saturated carbocycles. The predicted octanol–water partition coefficient (Wildman–Crippen LogP) is 3.78. The monoisotopic (exact) mass is 539 g/mol. The third-order valence-electron chi connectivity index (χ3n) is 5.76. The molecule has 0 bridgehead atoms. The Morgan fingerprint density at radius 3 is 2.21 bits per heavy atom. The second-order valence-corrected chi connectivity index (χ2v) is 9.66. The highest BCUT2D eigenvalue weighted by atomic mass is 32.1. The number of nitrogens with zero attached hydrogens (tertiary/aromatic N) is 2. The zero-order chi connectivity index (χ0) is 27.8. The molecular formula is C27H33N5O5S. The van der Waals surface area contributed by atoms with E-state index in [1.165, 1.54) is 4.90 Å². The Hall–Kier alpha value is -4.12. The number of ether oxygens (including phenoxy) is 2. The Bertz CT molecular complexity index is 1260. The van der Waals surface area contributed by atoms with Gasteiger partial charge in [-0.25, -0.2) is 0 Å². The first-order valence-electron chi connectivity index (χ1n) is 12.2. The number of nitrogens with one attached hydrogen (secondary N) is 1. The Kier molecular flexibility index (Phi) is 9.66. The summed E-state index contributed by atoms with van der Waals surface area (Å²) < 4.78 is 14.8. The summed E-state index contributed by atoms with van der Waals surface area (Å²) in [5.41, 5.74) is 12.1. The third kappa shape index (κ3) is 6.60. The minimum Gasteiger partial charge on any atom is -0.497 e. The number of nitrogen functional groups attached to an aromatic ring is 1. The number of hydrogen-bond donors (Lipinski definition) is 3. The number of amides is 3. The summed E-state index contributed by atoms with van der Waals surface area (Å²) >= 11 is 0.756. The molecule has 3 amide bonds. The van der Waals surface area contributed by atoms with Crippen LogP contribution in [-0.4, -0.2) is 42.4 Å². The van der Waals surface area contributed by atoms with Crippen molar-refractivity contribution >= 4 is 40.6 Å². The zero-order valence-electron chi connectivity index (χ0n) is 21.9. The van der Waals surface area contributed by atoms with Gasteiger partial charge in [0.05, 0.1) is 19.4 Å². The van der Waals surface area contributed by atoms with Crippen molar-refractivity contribution in [1.29, 1.82) is 0 Å². The van der Waals surface area contributed by atoms with Crippen LogP contribution in [0.2, 0.25) is 0 Å². The van der Waals surface area contributed by atoms with Crippen LogP contribution in [0.3, 0.4) is 0 Å². The van der Waals surface area contributed by atoms with Crippen molar-refractivity contribution in [2.24, 2.45) is 11.7 Å². The molecule has 1 atom stereocenters. The van der Waals surface area contributed by atoms with Gasteiger partial charge in [0, 0.05) is 12.2 Å². The van der Waals surface area contributed by atoms with Crippen LogP contribution in [0.5, 0.6) is 11.5 Å². The van der Waals surface area contributed by atoms with Crippen molar-refractivity contribution in [1.82, 2.24) is 9.69 Å². The van der Waals surface area contributed by atoms with Gasteiger partial charge < -0.3 is 26.3 Å². The maximum absolute atomic E-state index is 14.1. The molecule has 0 saturated heterocycles. The van der Waals surface area contributed by atoms with Crippen LogP contribution in [0.4, 0.5) is 11.4 Å². The molecule has 5 N–H and O–H groups in total. The Morgan fingerprint density at radius 1 is 1.05 bits per heavy atom. The fourth-order valence-electron chi connectivity index (χ4n) is 3.78. The molecule has 3 rings (SSSR count). The molecule has 11 heteroatoms. The highest BCUT2D eigenvalue weighted by molar-refractivity contribution is 7.09. The predicted molar refractivity (Wildman–Crippen MR) is 148 cm³/mol. The number of carbonyl (C=O) groups is 3.